The molecular formula is C3H6Sn. The monoisotopic (exact) mass is 162 g/mol. The number of hydrogen-bond donors (Lipinski definition) is 0. The second kappa shape index (κ2) is 0.813. The van der Waals surface area contributed by atoms with E-state index in [1.54, 1.807) is 8.87 Å². The van der Waals surface area contributed by atoms with Gasteiger partial charge in [-0.05, 0) is 0 Å². The maximum absolute atomic E-state index is 3.95. The van der Waals surface area contributed by atoms with Crippen molar-refractivity contribution in [2.45, 2.75) is 8.87 Å². The van der Waals surface area contributed by atoms with Crippen molar-refractivity contribution in [3.05, 3.63) is 0 Å². The summed E-state index contributed by atoms with van der Waals surface area (Å²) < 4.78 is 7.09. The van der Waals surface area contributed by atoms with E-state index in [0.717, 1.165) is 0 Å². The normalized spacial score (nSPS) is 21.5. The van der Waals surface area contributed by atoms with Crippen LogP contribution in [0.2, 0.25) is 8.87 Å². The molecule has 0 amide bonds. The van der Waals surface area contributed by atoms with E-state index in [9.17, 15) is 0 Å². The van der Waals surface area contributed by atoms with E-state index in [4.69, 9.17) is 0 Å². The molecule has 1 rings (SSSR count). The Morgan fingerprint density at radius 3 is 1.75 bits per heavy atom. The molecule has 0 bridgehead atoms. The molecule has 0 unspecified atom stereocenters. The van der Waals surface area contributed by atoms with Crippen molar-refractivity contribution in [2.24, 2.45) is 0 Å². The molecule has 1 saturated heterocycles. The van der Waals surface area contributed by atoms with Crippen LogP contribution in [-0.4, -0.2) is 23.8 Å². The zero-order chi connectivity index (χ0) is 2.99. The second-order valence-electron chi connectivity index (χ2n) is 1.25. The van der Waals surface area contributed by atoms with Crippen LogP contribution >= 0.6 is 0 Å². The third-order valence-electron chi connectivity index (χ3n) is 0.604. The molecule has 1 heteroatoms. The van der Waals surface area contributed by atoms with Gasteiger partial charge < -0.3 is 0 Å². The summed E-state index contributed by atoms with van der Waals surface area (Å²) in [5.41, 5.74) is 0. The van der Waals surface area contributed by atoms with Crippen molar-refractivity contribution in [1.29, 1.82) is 0 Å². The number of hydrogen-bond acceptors (Lipinski definition) is 0. The fraction of sp³-hybridized carbons (Fsp3) is 0.667. The van der Waals surface area contributed by atoms with Gasteiger partial charge >= 0.3 is 32.7 Å². The topological polar surface area (TPSA) is 0 Å². The first-order valence-electron chi connectivity index (χ1n) is 1.56. The van der Waals surface area contributed by atoms with E-state index in [-0.39, 0.29) is 0 Å². The molecule has 0 saturated carbocycles. The molecule has 1 aliphatic rings. The van der Waals surface area contributed by atoms with Crippen LogP contribution in [0.4, 0.5) is 0 Å². The van der Waals surface area contributed by atoms with E-state index < -0.39 is 19.3 Å². The van der Waals surface area contributed by atoms with Crippen LogP contribution in [0, 0.1) is 0 Å². The van der Waals surface area contributed by atoms with Crippen molar-refractivity contribution in [3.63, 3.8) is 0 Å². The Morgan fingerprint density at radius 2 is 1.75 bits per heavy atom. The van der Waals surface area contributed by atoms with Gasteiger partial charge in [0.1, 0.15) is 0 Å². The van der Waals surface area contributed by atoms with Gasteiger partial charge in [-0.3, -0.25) is 0 Å². The predicted molar refractivity (Wildman–Crippen MR) is 22.5 cm³/mol. The van der Waals surface area contributed by atoms with Gasteiger partial charge in [-0.15, -0.1) is 0 Å². The summed E-state index contributed by atoms with van der Waals surface area (Å²) in [5.74, 6) is 0. The molecular weight excluding hydrogens is 155 g/mol. The zero-order valence-electron chi connectivity index (χ0n) is 2.62. The van der Waals surface area contributed by atoms with Gasteiger partial charge in [0.15, 0.2) is 0 Å². The summed E-state index contributed by atoms with van der Waals surface area (Å²) in [6, 6.07) is 0. The van der Waals surface area contributed by atoms with Crippen molar-refractivity contribution >= 4 is 23.8 Å². The Bertz CT molecular complexity index is 41.2. The van der Waals surface area contributed by atoms with Crippen LogP contribution in [0.15, 0.2) is 0 Å². The van der Waals surface area contributed by atoms with E-state index >= 15 is 0 Å². The van der Waals surface area contributed by atoms with Gasteiger partial charge in [-0.25, -0.2) is 0 Å². The van der Waals surface area contributed by atoms with E-state index in [0.29, 0.717) is 0 Å². The van der Waals surface area contributed by atoms with Crippen LogP contribution < -0.4 is 0 Å². The molecule has 22 valence electrons. The molecule has 0 radical (unpaired) electrons. The molecule has 1 fully saturated rings. The summed E-state index contributed by atoms with van der Waals surface area (Å²) in [7, 11) is 0. The summed E-state index contributed by atoms with van der Waals surface area (Å²) in [6.07, 6.45) is 0. The van der Waals surface area contributed by atoms with Gasteiger partial charge in [0, 0.05) is 0 Å². The van der Waals surface area contributed by atoms with Crippen molar-refractivity contribution < 1.29 is 0 Å². The quantitative estimate of drug-likeness (QED) is 0.454. The fourth-order valence-electron chi connectivity index (χ4n) is 0.0884. The van der Waals surface area contributed by atoms with E-state index in [1.165, 1.54) is 0 Å². The molecule has 1 heterocycles. The molecule has 0 aromatic heterocycles. The van der Waals surface area contributed by atoms with Crippen molar-refractivity contribution in [2.75, 3.05) is 0 Å². The Balaban J connectivity index is 2.60. The van der Waals surface area contributed by atoms with Crippen LogP contribution in [0.25, 0.3) is 0 Å². The van der Waals surface area contributed by atoms with Gasteiger partial charge in [0.25, 0.3) is 0 Å². The minimum atomic E-state index is -0.543. The molecule has 0 N–H and O–H groups in total. The Kier molecular flexibility index (Phi) is 0.586. The van der Waals surface area contributed by atoms with E-state index in [1.807, 2.05) is 0 Å². The molecule has 0 aromatic carbocycles. The van der Waals surface area contributed by atoms with Gasteiger partial charge in [-0.1, -0.05) is 0 Å². The third kappa shape index (κ3) is 0.552. The molecule has 0 aromatic rings. The molecule has 0 aliphatic carbocycles. The summed E-state index contributed by atoms with van der Waals surface area (Å²) in [5, 5.41) is 0. The van der Waals surface area contributed by atoms with Crippen molar-refractivity contribution in [3.8, 4) is 0 Å². The molecule has 0 spiro atoms. The van der Waals surface area contributed by atoms with Crippen LogP contribution in [-0.2, 0) is 0 Å². The second-order valence-corrected chi connectivity index (χ2v) is 8.39. The van der Waals surface area contributed by atoms with Gasteiger partial charge in [0.2, 0.25) is 0 Å². The Hall–Kier alpha value is 0.669. The molecule has 0 atom stereocenters. The Labute approximate surface area is 33.1 Å². The summed E-state index contributed by atoms with van der Waals surface area (Å²) in [4.78, 5) is 0. The molecule has 1 aliphatic heterocycles. The first kappa shape index (κ1) is 2.88. The first-order valence-corrected chi connectivity index (χ1v) is 7.62. The zero-order valence-corrected chi connectivity index (χ0v) is 5.48. The van der Waals surface area contributed by atoms with Crippen molar-refractivity contribution in [1.82, 2.24) is 0 Å². The SMILES string of the molecule is [CH2]=[Sn]1[CH2][CH2]1. The first-order chi connectivity index (χ1) is 1.89. The minimum absolute atomic E-state index is 0.543. The molecule has 4 heavy (non-hydrogen) atoms. The Morgan fingerprint density at radius 1 is 1.50 bits per heavy atom. The van der Waals surface area contributed by atoms with E-state index in [2.05, 4.69) is 4.52 Å². The van der Waals surface area contributed by atoms with Gasteiger partial charge in [0.05, 0.1) is 0 Å². The fourth-order valence-corrected chi connectivity index (χ4v) is 3.98. The van der Waals surface area contributed by atoms with Crippen LogP contribution in [0.1, 0.15) is 0 Å². The maximum atomic E-state index is 3.95. The predicted octanol–water partition coefficient (Wildman–Crippen LogP) is 0.508. The summed E-state index contributed by atoms with van der Waals surface area (Å²) in [6.45, 7) is 0. The third-order valence-corrected chi connectivity index (χ3v) is 4.05. The average Bonchev–Trinajstić information content (AvgIpc) is 1.75. The summed E-state index contributed by atoms with van der Waals surface area (Å²) >= 11 is -0.543. The average molecular weight is 161 g/mol. The molecule has 0 nitrogen and oxygen atoms in total. The van der Waals surface area contributed by atoms with Crippen LogP contribution in [0.5, 0.6) is 0 Å². The van der Waals surface area contributed by atoms with Crippen LogP contribution in [0.3, 0.4) is 0 Å². The number of rotatable bonds is 0. The standard InChI is InChI=1S/C2H4.CH2.Sn/c1-2;;/h1-2H2;1H2;. The van der Waals surface area contributed by atoms with Gasteiger partial charge in [-0.2, -0.15) is 0 Å².